The Bertz CT molecular complexity index is 248. The van der Waals surface area contributed by atoms with Crippen LogP contribution in [0.2, 0.25) is 0 Å². The fourth-order valence-corrected chi connectivity index (χ4v) is 2.29. The molecule has 98 valence electrons. The van der Waals surface area contributed by atoms with Gasteiger partial charge in [-0.2, -0.15) is 0 Å². The SMILES string of the molecule is CCOC(=O)/C=C/COC1CCCC(CC)C1. The van der Waals surface area contributed by atoms with Crippen molar-refractivity contribution < 1.29 is 14.3 Å². The highest BCUT2D eigenvalue weighted by Gasteiger charge is 2.20. The summed E-state index contributed by atoms with van der Waals surface area (Å²) < 4.78 is 10.5. The topological polar surface area (TPSA) is 35.5 Å². The van der Waals surface area contributed by atoms with E-state index in [-0.39, 0.29) is 5.97 Å². The molecule has 1 rings (SSSR count). The average molecular weight is 240 g/mol. The Labute approximate surface area is 104 Å². The van der Waals surface area contributed by atoms with Crippen LogP contribution in [0.15, 0.2) is 12.2 Å². The number of hydrogen-bond donors (Lipinski definition) is 0. The van der Waals surface area contributed by atoms with Crippen molar-refractivity contribution in [3.05, 3.63) is 12.2 Å². The van der Waals surface area contributed by atoms with Crippen molar-refractivity contribution in [2.24, 2.45) is 5.92 Å². The molecule has 17 heavy (non-hydrogen) atoms. The molecule has 0 bridgehead atoms. The van der Waals surface area contributed by atoms with Gasteiger partial charge in [-0.3, -0.25) is 0 Å². The summed E-state index contributed by atoms with van der Waals surface area (Å²) >= 11 is 0. The van der Waals surface area contributed by atoms with E-state index in [2.05, 4.69) is 6.92 Å². The zero-order chi connectivity index (χ0) is 12.5. The molecule has 0 spiro atoms. The van der Waals surface area contributed by atoms with Crippen LogP contribution in [0.4, 0.5) is 0 Å². The van der Waals surface area contributed by atoms with Crippen LogP contribution in [0.1, 0.15) is 46.0 Å². The molecule has 0 aromatic rings. The first-order chi connectivity index (χ1) is 8.26. The summed E-state index contributed by atoms with van der Waals surface area (Å²) in [5, 5.41) is 0. The molecule has 2 atom stereocenters. The van der Waals surface area contributed by atoms with E-state index in [1.165, 1.54) is 31.8 Å². The molecule has 0 aromatic heterocycles. The quantitative estimate of drug-likeness (QED) is 0.528. The Morgan fingerprint density at radius 3 is 2.88 bits per heavy atom. The number of ether oxygens (including phenoxy) is 2. The minimum Gasteiger partial charge on any atom is -0.463 e. The molecule has 3 heteroatoms. The first-order valence-corrected chi connectivity index (χ1v) is 6.71. The predicted molar refractivity (Wildman–Crippen MR) is 67.8 cm³/mol. The van der Waals surface area contributed by atoms with Crippen molar-refractivity contribution in [2.75, 3.05) is 13.2 Å². The number of carbonyl (C=O) groups is 1. The fourth-order valence-electron chi connectivity index (χ4n) is 2.29. The third-order valence-electron chi connectivity index (χ3n) is 3.28. The van der Waals surface area contributed by atoms with Crippen LogP contribution >= 0.6 is 0 Å². The summed E-state index contributed by atoms with van der Waals surface area (Å²) in [6.45, 7) is 4.98. The molecule has 0 aromatic carbocycles. The molecular weight excluding hydrogens is 216 g/mol. The van der Waals surface area contributed by atoms with Gasteiger partial charge >= 0.3 is 5.97 Å². The van der Waals surface area contributed by atoms with E-state index in [1.807, 2.05) is 0 Å². The van der Waals surface area contributed by atoms with Crippen LogP contribution in [0.5, 0.6) is 0 Å². The van der Waals surface area contributed by atoms with Crippen LogP contribution in [-0.2, 0) is 14.3 Å². The van der Waals surface area contributed by atoms with E-state index in [9.17, 15) is 4.79 Å². The van der Waals surface area contributed by atoms with E-state index >= 15 is 0 Å². The number of esters is 1. The lowest BCUT2D eigenvalue weighted by molar-refractivity contribution is -0.137. The lowest BCUT2D eigenvalue weighted by Gasteiger charge is -2.28. The molecule has 0 amide bonds. The van der Waals surface area contributed by atoms with Crippen LogP contribution < -0.4 is 0 Å². The smallest absolute Gasteiger partial charge is 0.330 e. The normalized spacial score (nSPS) is 25.1. The lowest BCUT2D eigenvalue weighted by atomic mass is 9.85. The summed E-state index contributed by atoms with van der Waals surface area (Å²) in [7, 11) is 0. The fraction of sp³-hybridized carbons (Fsp3) is 0.786. The van der Waals surface area contributed by atoms with Gasteiger partial charge in [0.25, 0.3) is 0 Å². The van der Waals surface area contributed by atoms with Crippen molar-refractivity contribution in [3.8, 4) is 0 Å². The molecule has 1 aliphatic carbocycles. The van der Waals surface area contributed by atoms with Crippen molar-refractivity contribution in [2.45, 2.75) is 52.1 Å². The molecule has 1 saturated carbocycles. The number of rotatable bonds is 6. The Balaban J connectivity index is 2.15. The van der Waals surface area contributed by atoms with Gasteiger partial charge in [0.15, 0.2) is 0 Å². The highest BCUT2D eigenvalue weighted by atomic mass is 16.5. The second kappa shape index (κ2) is 8.29. The molecule has 0 N–H and O–H groups in total. The zero-order valence-corrected chi connectivity index (χ0v) is 11.0. The Hall–Kier alpha value is -0.830. The van der Waals surface area contributed by atoms with E-state index in [1.54, 1.807) is 13.0 Å². The molecule has 3 nitrogen and oxygen atoms in total. The van der Waals surface area contributed by atoms with Crippen LogP contribution in [0, 0.1) is 5.92 Å². The number of hydrogen-bond acceptors (Lipinski definition) is 3. The molecule has 0 radical (unpaired) electrons. The minimum absolute atomic E-state index is 0.286. The standard InChI is InChI=1S/C14H24O3/c1-3-12-7-5-8-13(11-12)17-10-6-9-14(15)16-4-2/h6,9,12-13H,3-5,7-8,10-11H2,1-2H3/b9-6+. The second-order valence-corrected chi connectivity index (χ2v) is 4.55. The summed E-state index contributed by atoms with van der Waals surface area (Å²) in [5.74, 6) is 0.536. The monoisotopic (exact) mass is 240 g/mol. The van der Waals surface area contributed by atoms with E-state index in [0.717, 1.165) is 12.3 Å². The summed E-state index contributed by atoms with van der Waals surface area (Å²) in [6, 6.07) is 0. The summed E-state index contributed by atoms with van der Waals surface area (Å²) in [6.07, 6.45) is 9.75. The molecular formula is C14H24O3. The molecule has 1 fully saturated rings. The van der Waals surface area contributed by atoms with Gasteiger partial charge in [-0.15, -0.1) is 0 Å². The van der Waals surface area contributed by atoms with Gasteiger partial charge in [-0.1, -0.05) is 32.3 Å². The maximum atomic E-state index is 11.0. The van der Waals surface area contributed by atoms with Crippen LogP contribution in [0.3, 0.4) is 0 Å². The van der Waals surface area contributed by atoms with Crippen molar-refractivity contribution in [3.63, 3.8) is 0 Å². The van der Waals surface area contributed by atoms with Crippen molar-refractivity contribution in [1.29, 1.82) is 0 Å². The Kier molecular flexibility index (Phi) is 6.94. The van der Waals surface area contributed by atoms with Crippen LogP contribution in [0.25, 0.3) is 0 Å². The third-order valence-corrected chi connectivity index (χ3v) is 3.28. The maximum Gasteiger partial charge on any atom is 0.330 e. The summed E-state index contributed by atoms with van der Waals surface area (Å²) in [5.41, 5.74) is 0. The maximum absolute atomic E-state index is 11.0. The highest BCUT2D eigenvalue weighted by molar-refractivity contribution is 5.81. The van der Waals surface area contributed by atoms with Gasteiger partial charge < -0.3 is 9.47 Å². The van der Waals surface area contributed by atoms with Gasteiger partial charge in [0.05, 0.1) is 19.3 Å². The molecule has 2 unspecified atom stereocenters. The molecule has 0 saturated heterocycles. The van der Waals surface area contributed by atoms with E-state index < -0.39 is 0 Å². The van der Waals surface area contributed by atoms with Gasteiger partial charge in [0, 0.05) is 6.08 Å². The first kappa shape index (κ1) is 14.2. The lowest BCUT2D eigenvalue weighted by Crippen LogP contribution is -2.22. The third kappa shape index (κ3) is 5.87. The van der Waals surface area contributed by atoms with Crippen molar-refractivity contribution >= 4 is 5.97 Å². The highest BCUT2D eigenvalue weighted by Crippen LogP contribution is 2.28. The van der Waals surface area contributed by atoms with E-state index in [0.29, 0.717) is 19.3 Å². The van der Waals surface area contributed by atoms with Crippen molar-refractivity contribution in [1.82, 2.24) is 0 Å². The zero-order valence-electron chi connectivity index (χ0n) is 11.0. The molecule has 1 aliphatic rings. The first-order valence-electron chi connectivity index (χ1n) is 6.71. The van der Waals surface area contributed by atoms with Gasteiger partial charge in [-0.25, -0.2) is 4.79 Å². The number of carbonyl (C=O) groups excluding carboxylic acids is 1. The minimum atomic E-state index is -0.286. The second-order valence-electron chi connectivity index (χ2n) is 4.55. The largest absolute Gasteiger partial charge is 0.463 e. The summed E-state index contributed by atoms with van der Waals surface area (Å²) in [4.78, 5) is 11.0. The van der Waals surface area contributed by atoms with E-state index in [4.69, 9.17) is 9.47 Å². The van der Waals surface area contributed by atoms with Gasteiger partial charge in [-0.05, 0) is 25.7 Å². The molecule has 0 aliphatic heterocycles. The Morgan fingerprint density at radius 1 is 1.35 bits per heavy atom. The average Bonchev–Trinajstić information content (AvgIpc) is 2.35. The predicted octanol–water partition coefficient (Wildman–Crippen LogP) is 3.09. The van der Waals surface area contributed by atoms with Gasteiger partial charge in [0.1, 0.15) is 0 Å². The van der Waals surface area contributed by atoms with Crippen LogP contribution in [-0.4, -0.2) is 25.3 Å². The Morgan fingerprint density at radius 2 is 2.18 bits per heavy atom. The van der Waals surface area contributed by atoms with Gasteiger partial charge in [0.2, 0.25) is 0 Å². The molecule has 0 heterocycles.